The fourth-order valence-electron chi connectivity index (χ4n) is 4.79. The van der Waals surface area contributed by atoms with Gasteiger partial charge < -0.3 is 20.2 Å². The number of piperazine rings is 1. The second-order valence-corrected chi connectivity index (χ2v) is 9.57. The average Bonchev–Trinajstić information content (AvgIpc) is 3.17. The van der Waals surface area contributed by atoms with Crippen LogP contribution in [0.5, 0.6) is 0 Å². The molecule has 0 aliphatic carbocycles. The first-order valence-corrected chi connectivity index (χ1v) is 11.2. The molecule has 1 aliphatic rings. The highest BCUT2D eigenvalue weighted by Crippen LogP contribution is 2.41. The van der Waals surface area contributed by atoms with E-state index in [4.69, 9.17) is 0 Å². The number of carbonyl (C=O) groups excluding carboxylic acids is 1. The molecular formula is C25H31N5O3. The van der Waals surface area contributed by atoms with E-state index in [1.54, 1.807) is 4.90 Å². The average molecular weight is 450 g/mol. The highest BCUT2D eigenvalue weighted by Gasteiger charge is 2.53. The van der Waals surface area contributed by atoms with Crippen LogP contribution in [0.1, 0.15) is 32.0 Å². The van der Waals surface area contributed by atoms with Crippen molar-refractivity contribution in [3.8, 4) is 0 Å². The first kappa shape index (κ1) is 22.6. The highest BCUT2D eigenvalue weighted by atomic mass is 16.4. The van der Waals surface area contributed by atoms with Gasteiger partial charge in [0.15, 0.2) is 5.54 Å². The lowest BCUT2D eigenvalue weighted by molar-refractivity contribution is -0.144. The summed E-state index contributed by atoms with van der Waals surface area (Å²) in [5.74, 6) is 0.814. The summed E-state index contributed by atoms with van der Waals surface area (Å²) in [6, 6.07) is 15.2. The molecule has 2 N–H and O–H groups in total. The third-order valence-corrected chi connectivity index (χ3v) is 6.43. The Bertz CT molecular complexity index is 1160. The molecule has 0 radical (unpaired) electrons. The molecule has 0 spiro atoms. The molecule has 1 aromatic carbocycles. The van der Waals surface area contributed by atoms with E-state index in [1.807, 2.05) is 76.4 Å². The topological polar surface area (TPSA) is 90.2 Å². The smallest absolute Gasteiger partial charge is 0.405 e. The molecule has 0 saturated carbocycles. The molecule has 0 bridgehead atoms. The number of pyridine rings is 1. The monoisotopic (exact) mass is 449 g/mol. The molecule has 174 valence electrons. The van der Waals surface area contributed by atoms with Crippen molar-refractivity contribution < 1.29 is 14.7 Å². The number of hydrogen-bond donors (Lipinski definition) is 2. The molecule has 1 atom stereocenters. The number of nitrogens with one attached hydrogen (secondary N) is 1. The van der Waals surface area contributed by atoms with Gasteiger partial charge in [-0.2, -0.15) is 0 Å². The predicted octanol–water partition coefficient (Wildman–Crippen LogP) is 3.50. The van der Waals surface area contributed by atoms with Crippen molar-refractivity contribution in [2.75, 3.05) is 31.1 Å². The lowest BCUT2D eigenvalue weighted by atomic mass is 9.68. The fraction of sp³-hybridized carbons (Fsp3) is 0.400. The summed E-state index contributed by atoms with van der Waals surface area (Å²) in [4.78, 5) is 34.5. The van der Waals surface area contributed by atoms with E-state index in [9.17, 15) is 14.7 Å². The zero-order valence-electron chi connectivity index (χ0n) is 19.6. The van der Waals surface area contributed by atoms with Crippen molar-refractivity contribution in [3.05, 3.63) is 66.0 Å². The quantitative estimate of drug-likeness (QED) is 0.636. The van der Waals surface area contributed by atoms with Gasteiger partial charge in [0.1, 0.15) is 11.5 Å². The third kappa shape index (κ3) is 4.01. The van der Waals surface area contributed by atoms with Gasteiger partial charge in [-0.05, 0) is 30.0 Å². The van der Waals surface area contributed by atoms with Crippen LogP contribution in [0, 0.1) is 12.3 Å². The molecule has 1 saturated heterocycles. The summed E-state index contributed by atoms with van der Waals surface area (Å²) in [6.07, 6.45) is 0.793. The molecule has 4 rings (SSSR count). The number of aryl methyl sites for hydroxylation is 1. The summed E-state index contributed by atoms with van der Waals surface area (Å²) < 4.78 is 2.07. The first-order chi connectivity index (χ1) is 15.6. The van der Waals surface area contributed by atoms with Crippen LogP contribution in [0.25, 0.3) is 5.65 Å². The molecule has 2 amide bonds. The van der Waals surface area contributed by atoms with Gasteiger partial charge in [-0.3, -0.25) is 9.20 Å². The third-order valence-electron chi connectivity index (χ3n) is 6.43. The van der Waals surface area contributed by atoms with Crippen molar-refractivity contribution in [2.24, 2.45) is 5.41 Å². The van der Waals surface area contributed by atoms with Crippen LogP contribution in [-0.4, -0.2) is 57.6 Å². The number of anilines is 1. The van der Waals surface area contributed by atoms with Gasteiger partial charge in [-0.15, -0.1) is 0 Å². The van der Waals surface area contributed by atoms with Crippen molar-refractivity contribution in [1.82, 2.24) is 19.6 Å². The standard InChI is InChI=1S/C25H31N5O3/c1-18-17-30-20(26-18)11-8-12-21(30)28-13-15-29(16-14-28)22(31)25(24(2,3)4,27-23(32)33)19-9-6-5-7-10-19/h5-12,17,27H,13-16H2,1-4H3,(H,32,33)/t25-/m1/s1. The molecular weight excluding hydrogens is 418 g/mol. The van der Waals surface area contributed by atoms with Gasteiger partial charge in [0, 0.05) is 32.4 Å². The number of benzene rings is 1. The van der Waals surface area contributed by atoms with E-state index >= 15 is 0 Å². The van der Waals surface area contributed by atoms with Gasteiger partial charge in [-0.25, -0.2) is 9.78 Å². The molecule has 3 heterocycles. The van der Waals surface area contributed by atoms with Crippen molar-refractivity contribution in [1.29, 1.82) is 0 Å². The lowest BCUT2D eigenvalue weighted by Gasteiger charge is -2.47. The van der Waals surface area contributed by atoms with Crippen molar-refractivity contribution in [3.63, 3.8) is 0 Å². The molecule has 8 heteroatoms. The summed E-state index contributed by atoms with van der Waals surface area (Å²) in [6.45, 7) is 9.93. The Morgan fingerprint density at radius 2 is 1.64 bits per heavy atom. The van der Waals surface area contributed by atoms with E-state index < -0.39 is 17.0 Å². The Kier molecular flexibility index (Phi) is 5.78. The maximum atomic E-state index is 14.0. The fourth-order valence-corrected chi connectivity index (χ4v) is 4.79. The minimum absolute atomic E-state index is 0.222. The van der Waals surface area contributed by atoms with Crippen molar-refractivity contribution >= 4 is 23.5 Å². The lowest BCUT2D eigenvalue weighted by Crippen LogP contribution is -2.65. The second-order valence-electron chi connectivity index (χ2n) is 9.57. The summed E-state index contributed by atoms with van der Waals surface area (Å²) in [5.41, 5.74) is 0.398. The highest BCUT2D eigenvalue weighted by molar-refractivity contribution is 5.92. The number of carboxylic acid groups (broad SMARTS) is 1. The number of fused-ring (bicyclic) bond motifs is 1. The number of hydrogen-bond acceptors (Lipinski definition) is 4. The number of rotatable bonds is 4. The van der Waals surface area contributed by atoms with Gasteiger partial charge in [0.25, 0.3) is 5.91 Å². The molecule has 8 nitrogen and oxygen atoms in total. The molecule has 3 aromatic rings. The largest absolute Gasteiger partial charge is 0.465 e. The summed E-state index contributed by atoms with van der Waals surface area (Å²) in [5, 5.41) is 12.3. The zero-order chi connectivity index (χ0) is 23.8. The Morgan fingerprint density at radius 3 is 2.24 bits per heavy atom. The van der Waals surface area contributed by atoms with Crippen LogP contribution < -0.4 is 10.2 Å². The number of imidazole rings is 1. The Morgan fingerprint density at radius 1 is 0.970 bits per heavy atom. The van der Waals surface area contributed by atoms with Gasteiger partial charge in [0.05, 0.1) is 5.69 Å². The Hall–Kier alpha value is -3.55. The summed E-state index contributed by atoms with van der Waals surface area (Å²) >= 11 is 0. The number of aromatic nitrogens is 2. The Balaban J connectivity index is 1.63. The van der Waals surface area contributed by atoms with E-state index in [0.717, 1.165) is 17.2 Å². The van der Waals surface area contributed by atoms with Gasteiger partial charge in [0.2, 0.25) is 0 Å². The number of amides is 2. The van der Waals surface area contributed by atoms with Crippen LogP contribution >= 0.6 is 0 Å². The van der Waals surface area contributed by atoms with E-state index in [1.165, 1.54) is 0 Å². The number of nitrogens with zero attached hydrogens (tertiary/aromatic N) is 4. The second kappa shape index (κ2) is 8.42. The maximum Gasteiger partial charge on any atom is 0.405 e. The molecule has 0 unspecified atom stereocenters. The van der Waals surface area contributed by atoms with Crippen LogP contribution in [0.2, 0.25) is 0 Å². The molecule has 1 fully saturated rings. The minimum atomic E-state index is -1.40. The predicted molar refractivity (Wildman–Crippen MR) is 127 cm³/mol. The van der Waals surface area contributed by atoms with E-state index in [0.29, 0.717) is 31.7 Å². The first-order valence-electron chi connectivity index (χ1n) is 11.2. The van der Waals surface area contributed by atoms with Gasteiger partial charge >= 0.3 is 6.09 Å². The van der Waals surface area contributed by atoms with E-state index in [-0.39, 0.29) is 5.91 Å². The van der Waals surface area contributed by atoms with Crippen LogP contribution in [0.4, 0.5) is 10.6 Å². The zero-order valence-corrected chi connectivity index (χ0v) is 19.6. The van der Waals surface area contributed by atoms with Crippen molar-refractivity contribution in [2.45, 2.75) is 33.2 Å². The maximum absolute atomic E-state index is 14.0. The van der Waals surface area contributed by atoms with Crippen LogP contribution in [0.15, 0.2) is 54.7 Å². The Labute approximate surface area is 193 Å². The molecule has 33 heavy (non-hydrogen) atoms. The van der Waals surface area contributed by atoms with E-state index in [2.05, 4.69) is 25.7 Å². The summed E-state index contributed by atoms with van der Waals surface area (Å²) in [7, 11) is 0. The molecule has 2 aromatic heterocycles. The normalized spacial score (nSPS) is 16.5. The van der Waals surface area contributed by atoms with Crippen LogP contribution in [0.3, 0.4) is 0 Å². The number of carbonyl (C=O) groups is 2. The minimum Gasteiger partial charge on any atom is -0.465 e. The molecule has 1 aliphatic heterocycles. The van der Waals surface area contributed by atoms with Gasteiger partial charge in [-0.1, -0.05) is 57.2 Å². The SMILES string of the molecule is Cc1cn2c(N3CCN(C(=O)[C@](NC(=O)O)(c4ccccc4)C(C)(C)C)CC3)cccc2n1. The van der Waals surface area contributed by atoms with Crippen LogP contribution in [-0.2, 0) is 10.3 Å².